The summed E-state index contributed by atoms with van der Waals surface area (Å²) in [6, 6.07) is 8.13. The number of aliphatic carboxylic acids is 1. The Morgan fingerprint density at radius 2 is 1.87 bits per heavy atom. The van der Waals surface area contributed by atoms with Crippen LogP contribution in [0.3, 0.4) is 0 Å². The fourth-order valence-electron chi connectivity index (χ4n) is 4.52. The first-order valence-corrected chi connectivity index (χ1v) is 10.5. The van der Waals surface area contributed by atoms with E-state index in [0.29, 0.717) is 12.0 Å². The largest absolute Gasteiger partial charge is 0.480 e. The van der Waals surface area contributed by atoms with Gasteiger partial charge in [-0.1, -0.05) is 56.1 Å². The number of halogens is 4. The van der Waals surface area contributed by atoms with E-state index < -0.39 is 41.0 Å². The van der Waals surface area contributed by atoms with Crippen LogP contribution >= 0.6 is 23.2 Å². The predicted octanol–water partition coefficient (Wildman–Crippen LogP) is 5.68. The topological polar surface area (TPSA) is 73.1 Å². The number of nitrogens with one attached hydrogen (secondary N) is 1. The molecule has 31 heavy (non-hydrogen) atoms. The van der Waals surface area contributed by atoms with Crippen molar-refractivity contribution in [2.24, 2.45) is 5.41 Å². The van der Waals surface area contributed by atoms with E-state index in [2.05, 4.69) is 11.4 Å². The molecule has 4 atom stereocenters. The molecule has 0 bridgehead atoms. The highest BCUT2D eigenvalue weighted by Crippen LogP contribution is 2.52. The van der Waals surface area contributed by atoms with Crippen LogP contribution in [-0.4, -0.2) is 23.2 Å². The minimum Gasteiger partial charge on any atom is -0.480 e. The first-order chi connectivity index (χ1) is 14.4. The molecule has 0 spiro atoms. The number of nitrogens with zero attached hydrogens (tertiary/aromatic N) is 1. The quantitative estimate of drug-likeness (QED) is 0.607. The fraction of sp³-hybridized carbons (Fsp3) is 0.391. The lowest BCUT2D eigenvalue weighted by atomic mass is 9.63. The van der Waals surface area contributed by atoms with Gasteiger partial charge >= 0.3 is 5.97 Å². The lowest BCUT2D eigenvalue weighted by Crippen LogP contribution is -2.44. The van der Waals surface area contributed by atoms with Gasteiger partial charge < -0.3 is 5.11 Å². The molecule has 1 aliphatic heterocycles. The Hall–Kier alpha value is -2.20. The molecule has 4 nitrogen and oxygen atoms in total. The molecular weight excluding hydrogens is 445 g/mol. The van der Waals surface area contributed by atoms with Gasteiger partial charge in [0.1, 0.15) is 23.1 Å². The van der Waals surface area contributed by atoms with Gasteiger partial charge in [-0.05, 0) is 41.7 Å². The van der Waals surface area contributed by atoms with Crippen molar-refractivity contribution in [3.63, 3.8) is 0 Å². The molecule has 1 aliphatic rings. The summed E-state index contributed by atoms with van der Waals surface area (Å²) in [5.74, 6) is -3.61. The Morgan fingerprint density at radius 1 is 1.19 bits per heavy atom. The summed E-state index contributed by atoms with van der Waals surface area (Å²) < 4.78 is 29.0. The number of carbonyl (C=O) groups is 1. The van der Waals surface area contributed by atoms with Gasteiger partial charge in [0.2, 0.25) is 0 Å². The highest BCUT2D eigenvalue weighted by Gasteiger charge is 2.60. The third kappa shape index (κ3) is 4.27. The average molecular weight is 467 g/mol. The average Bonchev–Trinajstić information content (AvgIpc) is 2.97. The van der Waals surface area contributed by atoms with Crippen LogP contribution < -0.4 is 5.32 Å². The van der Waals surface area contributed by atoms with Gasteiger partial charge in [-0.2, -0.15) is 5.26 Å². The molecule has 1 heterocycles. The second kappa shape index (κ2) is 8.38. The van der Waals surface area contributed by atoms with E-state index in [1.165, 1.54) is 24.3 Å². The maximum Gasteiger partial charge on any atom is 0.321 e. The summed E-state index contributed by atoms with van der Waals surface area (Å²) in [6.07, 6.45) is 0.387. The molecule has 1 saturated heterocycles. The molecule has 0 amide bonds. The van der Waals surface area contributed by atoms with E-state index in [4.69, 9.17) is 23.2 Å². The van der Waals surface area contributed by atoms with Crippen LogP contribution in [0.1, 0.15) is 44.2 Å². The van der Waals surface area contributed by atoms with E-state index in [-0.39, 0.29) is 21.0 Å². The van der Waals surface area contributed by atoms with E-state index >= 15 is 4.39 Å². The zero-order valence-corrected chi connectivity index (χ0v) is 18.7. The highest BCUT2D eigenvalue weighted by atomic mass is 35.5. The minimum absolute atomic E-state index is 0.0374. The van der Waals surface area contributed by atoms with Crippen LogP contribution in [0, 0.1) is 28.4 Å². The summed E-state index contributed by atoms with van der Waals surface area (Å²) in [6.45, 7) is 5.85. The Bertz CT molecular complexity index is 1060. The molecule has 2 aromatic rings. The van der Waals surface area contributed by atoms with E-state index in [1.807, 2.05) is 20.8 Å². The first-order valence-electron chi connectivity index (χ1n) is 9.71. The van der Waals surface area contributed by atoms with Crippen molar-refractivity contribution in [3.8, 4) is 6.07 Å². The zero-order valence-electron chi connectivity index (χ0n) is 17.2. The number of carboxylic acids is 1. The summed E-state index contributed by atoms with van der Waals surface area (Å²) in [5.41, 5.74) is -1.54. The van der Waals surface area contributed by atoms with Gasteiger partial charge in [-0.25, -0.2) is 8.78 Å². The van der Waals surface area contributed by atoms with Gasteiger partial charge in [0.05, 0.1) is 11.1 Å². The molecule has 3 rings (SSSR count). The number of hydrogen-bond acceptors (Lipinski definition) is 3. The number of benzene rings is 2. The van der Waals surface area contributed by atoms with Gasteiger partial charge in [0.15, 0.2) is 0 Å². The third-order valence-corrected chi connectivity index (χ3v) is 6.23. The number of nitriles is 1. The number of carboxylic acid groups (broad SMARTS) is 1. The van der Waals surface area contributed by atoms with Crippen LogP contribution in [-0.2, 0) is 10.2 Å². The Balaban J connectivity index is 2.34. The molecule has 8 heteroatoms. The normalized spacial score (nSPS) is 25.9. The molecule has 3 unspecified atom stereocenters. The van der Waals surface area contributed by atoms with Crippen LogP contribution in [0.4, 0.5) is 8.78 Å². The smallest absolute Gasteiger partial charge is 0.321 e. The molecule has 2 aromatic carbocycles. The second-order valence-electron chi connectivity index (χ2n) is 9.06. The predicted molar refractivity (Wildman–Crippen MR) is 115 cm³/mol. The lowest BCUT2D eigenvalue weighted by molar-refractivity contribution is -0.139. The monoisotopic (exact) mass is 466 g/mol. The highest BCUT2D eigenvalue weighted by molar-refractivity contribution is 6.31. The van der Waals surface area contributed by atoms with E-state index in [0.717, 1.165) is 12.1 Å². The molecule has 0 aromatic heterocycles. The van der Waals surface area contributed by atoms with Crippen molar-refractivity contribution < 1.29 is 18.7 Å². The van der Waals surface area contributed by atoms with Gasteiger partial charge in [-0.3, -0.25) is 10.1 Å². The molecule has 2 N–H and O–H groups in total. The van der Waals surface area contributed by atoms with Crippen molar-refractivity contribution in [1.82, 2.24) is 5.32 Å². The minimum atomic E-state index is -1.60. The van der Waals surface area contributed by atoms with Crippen molar-refractivity contribution in [2.45, 2.75) is 50.6 Å². The number of hydrogen-bond donors (Lipinski definition) is 2. The maximum absolute atomic E-state index is 15.2. The van der Waals surface area contributed by atoms with Gasteiger partial charge in [-0.15, -0.1) is 0 Å². The zero-order chi connectivity index (χ0) is 23.1. The third-order valence-electron chi connectivity index (χ3n) is 5.70. The summed E-state index contributed by atoms with van der Waals surface area (Å²) >= 11 is 11.9. The van der Waals surface area contributed by atoms with Crippen LogP contribution in [0.15, 0.2) is 36.4 Å². The van der Waals surface area contributed by atoms with E-state index in [9.17, 15) is 19.6 Å². The van der Waals surface area contributed by atoms with Crippen molar-refractivity contribution in [1.29, 1.82) is 5.26 Å². The summed E-state index contributed by atoms with van der Waals surface area (Å²) in [7, 11) is 0. The molecule has 164 valence electrons. The van der Waals surface area contributed by atoms with E-state index in [1.54, 1.807) is 0 Å². The fourth-order valence-corrected chi connectivity index (χ4v) is 4.87. The summed E-state index contributed by atoms with van der Waals surface area (Å²) in [4.78, 5) is 12.2. The molecule has 0 aliphatic carbocycles. The van der Waals surface area contributed by atoms with Crippen LogP contribution in [0.2, 0.25) is 10.0 Å². The molecule has 1 fully saturated rings. The lowest BCUT2D eigenvalue weighted by Gasteiger charge is -2.37. The Kier molecular flexibility index (Phi) is 6.35. The number of rotatable bonds is 4. The second-order valence-corrected chi connectivity index (χ2v) is 9.90. The van der Waals surface area contributed by atoms with Crippen molar-refractivity contribution >= 4 is 29.2 Å². The molecule has 0 radical (unpaired) electrons. The molecular formula is C23H22Cl2F2N2O2. The van der Waals surface area contributed by atoms with Crippen molar-refractivity contribution in [2.75, 3.05) is 0 Å². The Labute approximate surface area is 189 Å². The van der Waals surface area contributed by atoms with Gasteiger partial charge in [0, 0.05) is 22.5 Å². The maximum atomic E-state index is 15.2. The summed E-state index contributed by atoms with van der Waals surface area (Å²) in [5, 5.41) is 23.5. The van der Waals surface area contributed by atoms with Gasteiger partial charge in [0.25, 0.3) is 0 Å². The van der Waals surface area contributed by atoms with Crippen molar-refractivity contribution in [3.05, 3.63) is 69.2 Å². The first kappa shape index (κ1) is 23.5. The Morgan fingerprint density at radius 3 is 2.39 bits per heavy atom. The van der Waals surface area contributed by atoms with Crippen LogP contribution in [0.5, 0.6) is 0 Å². The van der Waals surface area contributed by atoms with Crippen LogP contribution in [0.25, 0.3) is 0 Å². The molecule has 0 saturated carbocycles. The SMILES string of the molecule is CC(C)(C)CC1N[C@H](C(=O)O)C(c2ccc(F)c(Cl)c2)C1(C#N)c1ccc(Cl)cc1F. The standard InChI is InChI=1S/C23H22Cl2F2N2O2/c1-22(2,3)10-18-23(11-28,14-6-5-13(24)9-17(14)27)19(20(29-18)21(30)31)12-4-7-16(26)15(25)8-12/h4-9,18-20,29H,10H2,1-3H3,(H,30,31)/t18?,19?,20-,23?/m0/s1.